The summed E-state index contributed by atoms with van der Waals surface area (Å²) in [5.74, 6) is -1.02. The van der Waals surface area contributed by atoms with E-state index in [1.807, 2.05) is 6.92 Å². The van der Waals surface area contributed by atoms with Gasteiger partial charge in [0.15, 0.2) is 0 Å². The van der Waals surface area contributed by atoms with Crippen molar-refractivity contribution in [3.05, 3.63) is 0 Å². The molecule has 0 aliphatic heterocycles. The largest absolute Gasteiger partial charge is 0.481 e. The summed E-state index contributed by atoms with van der Waals surface area (Å²) in [7, 11) is 0. The minimum Gasteiger partial charge on any atom is -0.481 e. The Bertz CT molecular complexity index is 426. The van der Waals surface area contributed by atoms with Gasteiger partial charge in [-0.05, 0) is 17.8 Å². The van der Waals surface area contributed by atoms with Gasteiger partial charge in [-0.2, -0.15) is 0 Å². The van der Waals surface area contributed by atoms with Crippen LogP contribution in [-0.2, 0) is 19.1 Å². The molecule has 0 heterocycles. The van der Waals surface area contributed by atoms with Gasteiger partial charge in [-0.1, -0.05) is 47.0 Å². The molecule has 0 aromatic carbocycles. The molecule has 0 saturated carbocycles. The summed E-state index contributed by atoms with van der Waals surface area (Å²) < 4.78 is 9.80. The molecular weight excluding hydrogens is 326 g/mol. The lowest BCUT2D eigenvalue weighted by molar-refractivity contribution is -0.164. The molecule has 0 unspecified atom stereocenters. The topological polar surface area (TPSA) is 102 Å². The number of hydrogen-bond donors (Lipinski definition) is 2. The molecule has 0 aromatic rings. The number of hydrogen-bond acceptors (Lipinski definition) is 5. The molecule has 0 aromatic heterocycles. The number of esters is 1. The van der Waals surface area contributed by atoms with Gasteiger partial charge in [0.05, 0.1) is 6.42 Å². The normalized spacial score (nSPS) is 15.6. The summed E-state index contributed by atoms with van der Waals surface area (Å²) >= 11 is 0. The highest BCUT2D eigenvalue weighted by Gasteiger charge is 2.26. The second kappa shape index (κ2) is 12.6. The number of carbonyl (C=O) groups is 3. The Morgan fingerprint density at radius 3 is 2.24 bits per heavy atom. The highest BCUT2D eigenvalue weighted by atomic mass is 16.7. The van der Waals surface area contributed by atoms with E-state index in [0.717, 1.165) is 19.3 Å². The fourth-order valence-electron chi connectivity index (χ4n) is 2.62. The van der Waals surface area contributed by atoms with Crippen LogP contribution in [0.1, 0.15) is 66.7 Å². The number of alkyl carbamates (subject to hydrolysis) is 1. The van der Waals surface area contributed by atoms with Crippen LogP contribution in [-0.4, -0.2) is 36.0 Å². The number of amides is 1. The summed E-state index contributed by atoms with van der Waals surface area (Å²) in [5, 5.41) is 11.7. The van der Waals surface area contributed by atoms with Gasteiger partial charge in [-0.15, -0.1) is 0 Å². The molecule has 7 heteroatoms. The van der Waals surface area contributed by atoms with Crippen LogP contribution in [0.5, 0.6) is 0 Å². The summed E-state index contributed by atoms with van der Waals surface area (Å²) in [6, 6.07) is 0. The molecule has 0 bridgehead atoms. The SMILES string of the molecule is CCCC[C@@H](C)[C@@H](C)[C@H](CNC(=O)O[C@H](C)OC(=O)CC)CC(=O)O. The summed E-state index contributed by atoms with van der Waals surface area (Å²) in [6.07, 6.45) is 1.70. The van der Waals surface area contributed by atoms with Gasteiger partial charge in [0.1, 0.15) is 0 Å². The molecule has 4 atom stereocenters. The van der Waals surface area contributed by atoms with E-state index in [4.69, 9.17) is 14.6 Å². The third-order valence-corrected chi connectivity index (χ3v) is 4.46. The second-order valence-corrected chi connectivity index (χ2v) is 6.53. The van der Waals surface area contributed by atoms with E-state index in [9.17, 15) is 14.4 Å². The van der Waals surface area contributed by atoms with Crippen LogP contribution in [0.3, 0.4) is 0 Å². The number of carboxylic acids is 1. The number of carboxylic acid groups (broad SMARTS) is 1. The molecule has 25 heavy (non-hydrogen) atoms. The Balaban J connectivity index is 4.53. The average molecular weight is 359 g/mol. The summed E-state index contributed by atoms with van der Waals surface area (Å²) in [6.45, 7) is 9.56. The average Bonchev–Trinajstić information content (AvgIpc) is 2.54. The first-order valence-corrected chi connectivity index (χ1v) is 9.06. The molecule has 0 aliphatic rings. The Hall–Kier alpha value is -1.79. The van der Waals surface area contributed by atoms with Crippen LogP contribution in [0.25, 0.3) is 0 Å². The molecular formula is C18H33NO6. The number of unbranched alkanes of at least 4 members (excludes halogenated alkanes) is 1. The summed E-state index contributed by atoms with van der Waals surface area (Å²) in [4.78, 5) is 34.1. The smallest absolute Gasteiger partial charge is 0.410 e. The maximum Gasteiger partial charge on any atom is 0.410 e. The van der Waals surface area contributed by atoms with Crippen LogP contribution in [0.4, 0.5) is 4.79 Å². The van der Waals surface area contributed by atoms with Crippen molar-refractivity contribution in [2.45, 2.75) is 73.0 Å². The van der Waals surface area contributed by atoms with Crippen LogP contribution >= 0.6 is 0 Å². The Morgan fingerprint density at radius 1 is 1.08 bits per heavy atom. The Morgan fingerprint density at radius 2 is 1.72 bits per heavy atom. The number of ether oxygens (including phenoxy) is 2. The van der Waals surface area contributed by atoms with E-state index in [-0.39, 0.29) is 31.2 Å². The quantitative estimate of drug-likeness (QED) is 0.408. The van der Waals surface area contributed by atoms with Crippen LogP contribution < -0.4 is 5.32 Å². The van der Waals surface area contributed by atoms with Crippen molar-refractivity contribution in [2.75, 3.05) is 6.54 Å². The van der Waals surface area contributed by atoms with Gasteiger partial charge in [0, 0.05) is 19.9 Å². The van der Waals surface area contributed by atoms with Crippen molar-refractivity contribution in [3.8, 4) is 0 Å². The third kappa shape index (κ3) is 10.6. The maximum atomic E-state index is 11.8. The molecule has 0 saturated heterocycles. The van der Waals surface area contributed by atoms with Crippen molar-refractivity contribution in [1.29, 1.82) is 0 Å². The van der Waals surface area contributed by atoms with Crippen molar-refractivity contribution in [2.24, 2.45) is 17.8 Å². The van der Waals surface area contributed by atoms with Gasteiger partial charge in [-0.25, -0.2) is 4.79 Å². The molecule has 7 nitrogen and oxygen atoms in total. The lowest BCUT2D eigenvalue weighted by Crippen LogP contribution is -2.37. The van der Waals surface area contributed by atoms with E-state index in [2.05, 4.69) is 19.2 Å². The van der Waals surface area contributed by atoms with E-state index in [1.165, 1.54) is 6.92 Å². The molecule has 1 amide bonds. The Labute approximate surface area is 150 Å². The van der Waals surface area contributed by atoms with Gasteiger partial charge in [0.25, 0.3) is 0 Å². The fraction of sp³-hybridized carbons (Fsp3) is 0.833. The number of nitrogens with one attached hydrogen (secondary N) is 1. The van der Waals surface area contributed by atoms with Gasteiger partial charge in [0.2, 0.25) is 6.29 Å². The highest BCUT2D eigenvalue weighted by molar-refractivity contribution is 5.70. The van der Waals surface area contributed by atoms with Gasteiger partial charge in [-0.3, -0.25) is 9.59 Å². The van der Waals surface area contributed by atoms with E-state index in [1.54, 1.807) is 6.92 Å². The summed E-state index contributed by atoms with van der Waals surface area (Å²) in [5.41, 5.74) is 0. The standard InChI is InChI=1S/C18H33NO6/c1-6-8-9-12(3)13(4)15(10-16(20)21)11-19-18(23)25-14(5)24-17(22)7-2/h12-15H,6-11H2,1-5H3,(H,19,23)(H,20,21)/t12-,13-,14-,15+/m1/s1. The zero-order chi connectivity index (χ0) is 19.4. The lowest BCUT2D eigenvalue weighted by Gasteiger charge is -2.28. The zero-order valence-corrected chi connectivity index (χ0v) is 16.0. The number of aliphatic carboxylic acids is 1. The molecule has 0 radical (unpaired) electrons. The number of carbonyl (C=O) groups excluding carboxylic acids is 2. The third-order valence-electron chi connectivity index (χ3n) is 4.46. The lowest BCUT2D eigenvalue weighted by atomic mass is 9.79. The van der Waals surface area contributed by atoms with Gasteiger partial charge < -0.3 is 19.9 Å². The first-order valence-electron chi connectivity index (χ1n) is 9.06. The zero-order valence-electron chi connectivity index (χ0n) is 16.0. The van der Waals surface area contributed by atoms with E-state index >= 15 is 0 Å². The molecule has 0 spiro atoms. The highest BCUT2D eigenvalue weighted by Crippen LogP contribution is 2.27. The second-order valence-electron chi connectivity index (χ2n) is 6.53. The van der Waals surface area contributed by atoms with Crippen molar-refractivity contribution in [1.82, 2.24) is 5.32 Å². The predicted octanol–water partition coefficient (Wildman–Crippen LogP) is 3.57. The first-order chi connectivity index (χ1) is 11.7. The van der Waals surface area contributed by atoms with Crippen LogP contribution in [0.15, 0.2) is 0 Å². The first kappa shape index (κ1) is 23.2. The van der Waals surface area contributed by atoms with Crippen molar-refractivity contribution >= 4 is 18.0 Å². The van der Waals surface area contributed by atoms with Gasteiger partial charge >= 0.3 is 18.0 Å². The van der Waals surface area contributed by atoms with Crippen LogP contribution in [0, 0.1) is 17.8 Å². The predicted molar refractivity (Wildman–Crippen MR) is 93.9 cm³/mol. The molecule has 0 fully saturated rings. The Kier molecular flexibility index (Phi) is 11.7. The van der Waals surface area contributed by atoms with E-state index < -0.39 is 24.3 Å². The molecule has 0 rings (SSSR count). The molecule has 2 N–H and O–H groups in total. The van der Waals surface area contributed by atoms with Crippen LogP contribution in [0.2, 0.25) is 0 Å². The fourth-order valence-corrected chi connectivity index (χ4v) is 2.62. The monoisotopic (exact) mass is 359 g/mol. The number of rotatable bonds is 12. The molecule has 146 valence electrons. The maximum absolute atomic E-state index is 11.8. The molecule has 0 aliphatic carbocycles. The van der Waals surface area contributed by atoms with Crippen molar-refractivity contribution < 1.29 is 29.0 Å². The minimum atomic E-state index is -0.980. The van der Waals surface area contributed by atoms with E-state index in [0.29, 0.717) is 5.92 Å². The van der Waals surface area contributed by atoms with Crippen molar-refractivity contribution in [3.63, 3.8) is 0 Å². The minimum absolute atomic E-state index is 0.0156.